The van der Waals surface area contributed by atoms with Crippen molar-refractivity contribution in [1.82, 2.24) is 4.98 Å². The number of nitrogens with one attached hydrogen (secondary N) is 2. The molecule has 8 heteroatoms. The number of nitrogens with zero attached hydrogens (tertiary/aromatic N) is 1. The molecule has 4 N–H and O–H groups in total. The highest BCUT2D eigenvalue weighted by molar-refractivity contribution is 7.92. The van der Waals surface area contributed by atoms with Gasteiger partial charge >= 0.3 is 0 Å². The highest BCUT2D eigenvalue weighted by atomic mass is 32.2. The van der Waals surface area contributed by atoms with Gasteiger partial charge in [0.05, 0.1) is 10.5 Å². The summed E-state index contributed by atoms with van der Waals surface area (Å²) >= 11 is 0. The van der Waals surface area contributed by atoms with Crippen molar-refractivity contribution in [1.29, 1.82) is 0 Å². The number of nitrogens with two attached hydrogens (primary N) is 1. The summed E-state index contributed by atoms with van der Waals surface area (Å²) in [6.07, 6.45) is 1.49. The third kappa shape index (κ3) is 3.98. The van der Waals surface area contributed by atoms with Crippen LogP contribution in [0.25, 0.3) is 0 Å². The highest BCUT2D eigenvalue weighted by Crippen LogP contribution is 2.18. The van der Waals surface area contributed by atoms with Gasteiger partial charge in [-0.2, -0.15) is 0 Å². The molecule has 26 heavy (non-hydrogen) atoms. The monoisotopic (exact) mass is 368 g/mol. The molecule has 0 radical (unpaired) electrons. The second-order valence-electron chi connectivity index (χ2n) is 5.39. The fourth-order valence-electron chi connectivity index (χ4n) is 2.24. The Bertz CT molecular complexity index is 1020. The van der Waals surface area contributed by atoms with Crippen molar-refractivity contribution in [3.05, 3.63) is 78.5 Å². The molecule has 1 heterocycles. The summed E-state index contributed by atoms with van der Waals surface area (Å²) in [5, 5.41) is 2.68. The van der Waals surface area contributed by atoms with Gasteiger partial charge in [-0.15, -0.1) is 0 Å². The fourth-order valence-corrected chi connectivity index (χ4v) is 3.25. The molecule has 1 aromatic heterocycles. The Morgan fingerprint density at radius 3 is 2.27 bits per heavy atom. The molecule has 0 aliphatic rings. The van der Waals surface area contributed by atoms with Crippen molar-refractivity contribution in [3.63, 3.8) is 0 Å². The lowest BCUT2D eigenvalue weighted by atomic mass is 10.1. The van der Waals surface area contributed by atoms with Gasteiger partial charge in [0, 0.05) is 17.6 Å². The van der Waals surface area contributed by atoms with E-state index in [1.54, 1.807) is 42.5 Å². The van der Waals surface area contributed by atoms with Crippen LogP contribution in [0, 0.1) is 0 Å². The molecule has 1 amide bonds. The second-order valence-corrected chi connectivity index (χ2v) is 7.07. The first kappa shape index (κ1) is 17.4. The van der Waals surface area contributed by atoms with Crippen LogP contribution in [0.15, 0.2) is 77.8 Å². The number of rotatable bonds is 5. The van der Waals surface area contributed by atoms with Crippen molar-refractivity contribution < 1.29 is 13.2 Å². The Labute approximate surface area is 150 Å². The minimum atomic E-state index is -3.76. The third-order valence-electron chi connectivity index (χ3n) is 3.53. The van der Waals surface area contributed by atoms with Crippen LogP contribution < -0.4 is 15.8 Å². The number of amides is 1. The topological polar surface area (TPSA) is 114 Å². The average molecular weight is 368 g/mol. The largest absolute Gasteiger partial charge is 0.398 e. The molecule has 0 atom stereocenters. The summed E-state index contributed by atoms with van der Waals surface area (Å²) in [5.74, 6) is -0.144. The SMILES string of the molecule is Nc1ccccc1C(=O)Nc1ccc(S(=O)(=O)Nc2ccccn2)cc1. The van der Waals surface area contributed by atoms with Gasteiger partial charge in [0.1, 0.15) is 5.82 Å². The maximum Gasteiger partial charge on any atom is 0.263 e. The minimum Gasteiger partial charge on any atom is -0.398 e. The van der Waals surface area contributed by atoms with Crippen LogP contribution in [0.4, 0.5) is 17.2 Å². The number of para-hydroxylation sites is 1. The first-order valence-electron chi connectivity index (χ1n) is 7.65. The first-order valence-corrected chi connectivity index (χ1v) is 9.14. The number of pyridine rings is 1. The van der Waals surface area contributed by atoms with E-state index in [4.69, 9.17) is 5.73 Å². The van der Waals surface area contributed by atoms with E-state index in [-0.39, 0.29) is 16.6 Å². The molecule has 0 saturated carbocycles. The molecular weight excluding hydrogens is 352 g/mol. The maximum absolute atomic E-state index is 12.3. The van der Waals surface area contributed by atoms with Crippen molar-refractivity contribution in [3.8, 4) is 0 Å². The van der Waals surface area contributed by atoms with Gasteiger partial charge in [0.25, 0.3) is 15.9 Å². The summed E-state index contributed by atoms with van der Waals surface area (Å²) in [6.45, 7) is 0. The summed E-state index contributed by atoms with van der Waals surface area (Å²) in [7, 11) is -3.76. The number of nitrogen functional groups attached to an aromatic ring is 1. The van der Waals surface area contributed by atoms with Gasteiger partial charge in [-0.3, -0.25) is 9.52 Å². The van der Waals surface area contributed by atoms with E-state index in [1.807, 2.05) is 0 Å². The molecule has 0 aliphatic heterocycles. The van der Waals surface area contributed by atoms with Crippen molar-refractivity contribution >= 4 is 33.1 Å². The number of anilines is 3. The Morgan fingerprint density at radius 2 is 1.62 bits per heavy atom. The van der Waals surface area contributed by atoms with E-state index in [1.165, 1.54) is 30.5 Å². The summed E-state index contributed by atoms with van der Waals surface area (Å²) in [5.41, 5.74) is 6.94. The van der Waals surface area contributed by atoms with Crippen LogP contribution in [0.3, 0.4) is 0 Å². The van der Waals surface area contributed by atoms with Gasteiger partial charge in [-0.25, -0.2) is 13.4 Å². The molecule has 0 spiro atoms. The average Bonchev–Trinajstić information content (AvgIpc) is 2.63. The molecule has 0 saturated heterocycles. The zero-order valence-corrected chi connectivity index (χ0v) is 14.4. The normalized spacial score (nSPS) is 10.9. The standard InChI is InChI=1S/C18H16N4O3S/c19-16-6-2-1-5-15(16)18(23)21-13-8-10-14(11-9-13)26(24,25)22-17-7-3-4-12-20-17/h1-12H,19H2,(H,20,22)(H,21,23). The Kier molecular flexibility index (Phi) is 4.85. The van der Waals surface area contributed by atoms with Gasteiger partial charge in [0.15, 0.2) is 0 Å². The van der Waals surface area contributed by atoms with E-state index >= 15 is 0 Å². The number of carbonyl (C=O) groups excluding carboxylic acids is 1. The minimum absolute atomic E-state index is 0.0559. The molecule has 0 fully saturated rings. The van der Waals surface area contributed by atoms with Crippen molar-refractivity contribution in [2.24, 2.45) is 0 Å². The smallest absolute Gasteiger partial charge is 0.263 e. The van der Waals surface area contributed by atoms with Gasteiger partial charge < -0.3 is 11.1 Å². The highest BCUT2D eigenvalue weighted by Gasteiger charge is 2.15. The molecule has 3 aromatic rings. The summed E-state index contributed by atoms with van der Waals surface area (Å²) in [4.78, 5) is 16.2. The maximum atomic E-state index is 12.3. The van der Waals surface area contributed by atoms with E-state index in [2.05, 4.69) is 15.0 Å². The van der Waals surface area contributed by atoms with Gasteiger partial charge in [-0.1, -0.05) is 18.2 Å². The van der Waals surface area contributed by atoms with Crippen LogP contribution in [0.1, 0.15) is 10.4 Å². The predicted octanol–water partition coefficient (Wildman–Crippen LogP) is 2.72. The number of aromatic nitrogens is 1. The second kappa shape index (κ2) is 7.24. The van der Waals surface area contributed by atoms with Crippen LogP contribution in [-0.2, 0) is 10.0 Å². The van der Waals surface area contributed by atoms with Gasteiger partial charge in [-0.05, 0) is 48.5 Å². The predicted molar refractivity (Wildman–Crippen MR) is 100 cm³/mol. The number of hydrogen-bond acceptors (Lipinski definition) is 5. The summed E-state index contributed by atoms with van der Waals surface area (Å²) in [6, 6.07) is 17.4. The van der Waals surface area contributed by atoms with E-state index in [9.17, 15) is 13.2 Å². The fraction of sp³-hybridized carbons (Fsp3) is 0. The molecule has 132 valence electrons. The van der Waals surface area contributed by atoms with Crippen LogP contribution >= 0.6 is 0 Å². The van der Waals surface area contributed by atoms with Crippen LogP contribution in [0.5, 0.6) is 0 Å². The lowest BCUT2D eigenvalue weighted by Crippen LogP contribution is -2.15. The van der Waals surface area contributed by atoms with Crippen LogP contribution in [0.2, 0.25) is 0 Å². The zero-order valence-electron chi connectivity index (χ0n) is 13.6. The Hall–Kier alpha value is -3.39. The lowest BCUT2D eigenvalue weighted by Gasteiger charge is -2.09. The van der Waals surface area contributed by atoms with Crippen molar-refractivity contribution in [2.75, 3.05) is 15.8 Å². The van der Waals surface area contributed by atoms with E-state index in [0.717, 1.165) is 0 Å². The first-order chi connectivity index (χ1) is 12.5. The lowest BCUT2D eigenvalue weighted by molar-refractivity contribution is 0.102. The Balaban J connectivity index is 1.74. The van der Waals surface area contributed by atoms with Crippen molar-refractivity contribution in [2.45, 2.75) is 4.90 Å². The molecule has 0 aliphatic carbocycles. The third-order valence-corrected chi connectivity index (χ3v) is 4.90. The zero-order chi connectivity index (χ0) is 18.6. The summed E-state index contributed by atoms with van der Waals surface area (Å²) < 4.78 is 27.1. The molecule has 7 nitrogen and oxygen atoms in total. The molecule has 0 bridgehead atoms. The van der Waals surface area contributed by atoms with E-state index < -0.39 is 10.0 Å². The quantitative estimate of drug-likeness (QED) is 0.599. The van der Waals surface area contributed by atoms with Crippen LogP contribution in [-0.4, -0.2) is 19.3 Å². The number of benzene rings is 2. The Morgan fingerprint density at radius 1 is 0.923 bits per heavy atom. The molecule has 3 rings (SSSR count). The number of carbonyl (C=O) groups is 1. The van der Waals surface area contributed by atoms with E-state index in [0.29, 0.717) is 16.9 Å². The molecule has 2 aromatic carbocycles. The number of sulfonamides is 1. The molecular formula is C18H16N4O3S. The van der Waals surface area contributed by atoms with Gasteiger partial charge in [0.2, 0.25) is 0 Å². The number of hydrogen-bond donors (Lipinski definition) is 3. The molecule has 0 unspecified atom stereocenters.